The predicted octanol–water partition coefficient (Wildman–Crippen LogP) is 6.57. The number of fused-ring (bicyclic) bond motifs is 13. The quantitative estimate of drug-likeness (QED) is 0.0916. The number of allylic oxidation sites excluding steroid dienone is 3. The van der Waals surface area contributed by atoms with Crippen LogP contribution in [-0.2, 0) is 28.7 Å². The van der Waals surface area contributed by atoms with E-state index in [-0.39, 0.29) is 97.1 Å². The minimum absolute atomic E-state index is 0.0212. The maximum Gasteiger partial charge on any atom is 0.312 e. The standard InChI is InChI=1S/C44H60N4O8.C10H18N2O2.C5H10O2.CH4O/c1-22(2)21-48-18-16-44(17-19-48)46-33-30-31-38(51)29(9)40-32(30)41(53)43(10,56-40)55-20-12-15-23(3)26(6)27(7)37(50)28(8)36(49)24(4)13-11-14-25(5)42(54)45-35(39(31)52)34(33)47-44;1-8(13)7-10(14)12-5-3-9(11-2)4-6-12;1-5(2,3)7-4-6;1-2/h11-14,20,22-24,26-28,36-37,46,49-52H,15-19,21H2,1-10H3;9,11H,3-7H2,1-2H3;4H,1-3H3;2H,1H3/b13-11+,20-12+,25-14-,45-35?;;;/t23-,24?,26-,27+,28-,36+,37?,43?;;;/m1.../s1. The van der Waals surface area contributed by atoms with Crippen molar-refractivity contribution in [1.29, 1.82) is 0 Å². The van der Waals surface area contributed by atoms with Gasteiger partial charge in [0, 0.05) is 94.0 Å². The number of phenolic OH excluding ortho intramolecular Hbond substituents is 2. The molecule has 7 N–H and O–H groups in total. The Kier molecular flexibility index (Phi) is 23.4. The summed E-state index contributed by atoms with van der Waals surface area (Å²) >= 11 is 0. The zero-order valence-electron chi connectivity index (χ0n) is 49.7. The Balaban J connectivity index is 0.000000486. The molecule has 8 atom stereocenters. The number of amides is 2. The molecule has 6 aliphatic rings. The number of aromatic hydroxyl groups is 2. The molecule has 2 aromatic rings. The van der Waals surface area contributed by atoms with E-state index < -0.39 is 47.0 Å². The lowest BCUT2D eigenvalue weighted by atomic mass is 9.75. The molecule has 19 nitrogen and oxygen atoms in total. The fourth-order valence-corrected chi connectivity index (χ4v) is 10.6. The van der Waals surface area contributed by atoms with Gasteiger partial charge in [0.05, 0.1) is 41.5 Å². The first-order valence-electron chi connectivity index (χ1n) is 27.9. The van der Waals surface area contributed by atoms with Crippen molar-refractivity contribution in [2.45, 2.75) is 171 Å². The fourth-order valence-electron chi connectivity index (χ4n) is 10.6. The van der Waals surface area contributed by atoms with Crippen molar-refractivity contribution < 1.29 is 63.7 Å². The van der Waals surface area contributed by atoms with Gasteiger partial charge in [0.15, 0.2) is 5.75 Å². The van der Waals surface area contributed by atoms with Crippen molar-refractivity contribution in [3.05, 3.63) is 58.0 Å². The number of anilines is 1. The maximum atomic E-state index is 14.5. The van der Waals surface area contributed by atoms with Gasteiger partial charge >= 0.3 is 5.79 Å². The summed E-state index contributed by atoms with van der Waals surface area (Å²) in [5, 5.41) is 60.5. The molecule has 2 aromatic carbocycles. The Hall–Kier alpha value is -5.73. The van der Waals surface area contributed by atoms with Crippen molar-refractivity contribution in [2.75, 3.05) is 52.2 Å². The Labute approximate surface area is 467 Å². The predicted molar refractivity (Wildman–Crippen MR) is 304 cm³/mol. The average molecular weight is 1110 g/mol. The number of benzene rings is 2. The zero-order valence-corrected chi connectivity index (χ0v) is 49.7. The number of nitrogens with one attached hydrogen (secondary N) is 2. The van der Waals surface area contributed by atoms with Gasteiger partial charge in [-0.15, -0.1) is 0 Å². The molecule has 0 aliphatic carbocycles. The van der Waals surface area contributed by atoms with Crippen LogP contribution in [0, 0.1) is 42.4 Å². The second kappa shape index (κ2) is 28.1. The molecule has 1 spiro atoms. The highest BCUT2D eigenvalue weighted by molar-refractivity contribution is 6.21. The number of rotatable bonds is 6. The molecule has 0 aromatic heterocycles. The smallest absolute Gasteiger partial charge is 0.312 e. The minimum Gasteiger partial charge on any atom is -0.507 e. The first kappa shape index (κ1) is 65.8. The zero-order chi connectivity index (χ0) is 59.5. The van der Waals surface area contributed by atoms with Gasteiger partial charge in [0.25, 0.3) is 18.2 Å². The van der Waals surface area contributed by atoms with E-state index in [0.717, 1.165) is 52.7 Å². The molecule has 19 heteroatoms. The van der Waals surface area contributed by atoms with Gasteiger partial charge in [0.2, 0.25) is 5.91 Å². The molecule has 2 saturated heterocycles. The summed E-state index contributed by atoms with van der Waals surface area (Å²) in [5.41, 5.74) is -0.107. The van der Waals surface area contributed by atoms with Crippen LogP contribution in [-0.4, -0.2) is 147 Å². The number of carbonyl (C=O) groups is 5. The first-order valence-corrected chi connectivity index (χ1v) is 27.9. The second-order valence-corrected chi connectivity index (χ2v) is 23.6. The molecule has 440 valence electrons. The van der Waals surface area contributed by atoms with Gasteiger partial charge in [-0.1, -0.05) is 66.7 Å². The number of piperidine rings is 2. The Morgan fingerprint density at radius 2 is 1.56 bits per heavy atom. The Morgan fingerprint density at radius 3 is 2.10 bits per heavy atom. The molecule has 0 radical (unpaired) electrons. The molecular weight excluding hydrogens is 1010 g/mol. The molecule has 6 heterocycles. The normalized spacial score (nSPS) is 27.9. The number of aliphatic hydroxyl groups excluding tert-OH is 3. The maximum absolute atomic E-state index is 14.5. The number of ether oxygens (including phenoxy) is 3. The van der Waals surface area contributed by atoms with Crippen LogP contribution in [0.5, 0.6) is 17.2 Å². The lowest BCUT2D eigenvalue weighted by Gasteiger charge is -2.38. The molecular formula is C60H92N6O13. The number of nitrogens with zero attached hydrogens (tertiary/aromatic N) is 4. The van der Waals surface area contributed by atoms with Gasteiger partial charge in [-0.25, -0.2) is 4.99 Å². The third kappa shape index (κ3) is 16.0. The number of hydrogen-bond donors (Lipinski definition) is 7. The lowest BCUT2D eigenvalue weighted by Crippen LogP contribution is -2.47. The van der Waals surface area contributed by atoms with E-state index in [9.17, 15) is 44.4 Å². The van der Waals surface area contributed by atoms with Crippen LogP contribution in [0.2, 0.25) is 0 Å². The number of Topliss-reactive ketones (excluding diaryl/α,β-unsaturated/α-hetero) is 2. The highest BCUT2D eigenvalue weighted by Crippen LogP contribution is 2.51. The Bertz CT molecular complexity index is 2720. The van der Waals surface area contributed by atoms with Crippen LogP contribution in [0.15, 0.2) is 46.1 Å². The van der Waals surface area contributed by atoms with Crippen LogP contribution >= 0.6 is 0 Å². The summed E-state index contributed by atoms with van der Waals surface area (Å²) in [4.78, 5) is 73.9. The molecule has 3 unspecified atom stereocenters. The van der Waals surface area contributed by atoms with Crippen LogP contribution in [0.25, 0.3) is 10.8 Å². The average Bonchev–Trinajstić information content (AvgIpc) is 4.08. The number of ketones is 2. The number of likely N-dealkylation sites (tertiary alicyclic amines) is 2. The van der Waals surface area contributed by atoms with Crippen LogP contribution in [0.1, 0.15) is 144 Å². The molecule has 2 fully saturated rings. The van der Waals surface area contributed by atoms with E-state index in [1.807, 2.05) is 54.7 Å². The van der Waals surface area contributed by atoms with Gasteiger partial charge in [0.1, 0.15) is 39.3 Å². The number of aliphatic hydroxyl groups is 3. The summed E-state index contributed by atoms with van der Waals surface area (Å²) in [6, 6.07) is 0.524. The minimum atomic E-state index is -1.79. The van der Waals surface area contributed by atoms with Crippen molar-refractivity contribution in [3.8, 4) is 17.2 Å². The summed E-state index contributed by atoms with van der Waals surface area (Å²) in [6.07, 6.45) is 10.6. The van der Waals surface area contributed by atoms with Gasteiger partial charge in [-0.05, 0) is 97.6 Å². The lowest BCUT2D eigenvalue weighted by molar-refractivity contribution is -0.139. The summed E-state index contributed by atoms with van der Waals surface area (Å²) in [5.74, 6) is -3.85. The third-order valence-electron chi connectivity index (χ3n) is 15.9. The van der Waals surface area contributed by atoms with Gasteiger partial charge in [-0.3, -0.25) is 29.0 Å². The molecule has 79 heavy (non-hydrogen) atoms. The van der Waals surface area contributed by atoms with E-state index >= 15 is 0 Å². The van der Waals surface area contributed by atoms with E-state index in [0.29, 0.717) is 43.4 Å². The molecule has 2 amide bonds. The van der Waals surface area contributed by atoms with Crippen molar-refractivity contribution in [3.63, 3.8) is 0 Å². The monoisotopic (exact) mass is 1100 g/mol. The van der Waals surface area contributed by atoms with Crippen molar-refractivity contribution in [2.24, 2.45) is 45.5 Å². The van der Waals surface area contributed by atoms with E-state index in [4.69, 9.17) is 19.6 Å². The van der Waals surface area contributed by atoms with Gasteiger partial charge < -0.3 is 60.2 Å². The highest BCUT2D eigenvalue weighted by Gasteiger charge is 2.50. The third-order valence-corrected chi connectivity index (χ3v) is 15.9. The summed E-state index contributed by atoms with van der Waals surface area (Å²) in [7, 11) is 2.94. The molecule has 0 saturated carbocycles. The first-order chi connectivity index (χ1) is 37.0. The molecule has 5 bridgehead atoms. The Morgan fingerprint density at radius 1 is 0.937 bits per heavy atom. The number of hydrogen-bond acceptors (Lipinski definition) is 17. The fraction of sp³-hybridized carbons (Fsp3) is 0.650. The van der Waals surface area contributed by atoms with Crippen LogP contribution in [0.3, 0.4) is 0 Å². The van der Waals surface area contributed by atoms with Crippen molar-refractivity contribution in [1.82, 2.24) is 15.1 Å². The second-order valence-electron chi connectivity index (χ2n) is 23.6. The summed E-state index contributed by atoms with van der Waals surface area (Å²) in [6.45, 7) is 30.4. The number of phenols is 2. The van der Waals surface area contributed by atoms with E-state index in [1.165, 1.54) is 20.1 Å². The largest absolute Gasteiger partial charge is 0.507 e. The van der Waals surface area contributed by atoms with E-state index in [1.54, 1.807) is 37.0 Å². The molecule has 8 rings (SSSR count). The van der Waals surface area contributed by atoms with Gasteiger partial charge in [-0.2, -0.15) is 0 Å². The van der Waals surface area contributed by atoms with Crippen LogP contribution < -0.4 is 26.1 Å². The SMILES string of the molecule is C/C1=C/C=C/C(C)[C@H](O)[C@@H](C)C(O)[C@@H](C)[C@H](C)[C@H](C)C/C=C/OC2(C)Oc3c(C)c(O)c4c(O)c(c5c(c4c3C2=O)NC2(CCN(CC(C)C)CC2)N=5)=NC1=O.CC(C)(C)OC=O.CNC1CCN(C(=O)CC(C)=O)CC1.CO. The summed E-state index contributed by atoms with van der Waals surface area (Å²) < 4.78 is 16.9. The molecule has 6 aliphatic heterocycles. The number of carbonyl (C=O) groups excluding carboxylic acids is 5. The topological polar surface area (TPSA) is 269 Å². The van der Waals surface area contributed by atoms with Crippen LogP contribution in [0.4, 0.5) is 5.69 Å². The van der Waals surface area contributed by atoms with Crippen molar-refractivity contribution >= 4 is 46.3 Å². The highest BCUT2D eigenvalue weighted by atomic mass is 16.7. The van der Waals surface area contributed by atoms with E-state index in [2.05, 4.69) is 53.0 Å².